The Morgan fingerprint density at radius 2 is 1.94 bits per heavy atom. The number of thiophene rings is 1. The van der Waals surface area contributed by atoms with Crippen LogP contribution in [-0.4, -0.2) is 57.7 Å². The first kappa shape index (κ1) is 25.2. The summed E-state index contributed by atoms with van der Waals surface area (Å²) >= 11 is 7.97. The number of anilines is 1. The van der Waals surface area contributed by atoms with Crippen LogP contribution in [0.3, 0.4) is 0 Å². The minimum atomic E-state index is -0.699. The molecule has 0 bridgehead atoms. The molecule has 1 aliphatic carbocycles. The number of nitrogens with zero attached hydrogens (tertiary/aromatic N) is 2. The Kier molecular flexibility index (Phi) is 8.00. The number of benzene rings is 2. The molecule has 0 saturated heterocycles. The zero-order valence-corrected chi connectivity index (χ0v) is 22.7. The molecule has 6 nitrogen and oxygen atoms in total. The van der Waals surface area contributed by atoms with Crippen LogP contribution in [0.25, 0.3) is 20.3 Å². The minimum Gasteiger partial charge on any atom is -0.495 e. The van der Waals surface area contributed by atoms with E-state index in [0.717, 1.165) is 45.7 Å². The third kappa shape index (κ3) is 5.04. The van der Waals surface area contributed by atoms with Gasteiger partial charge in [0.25, 0.3) is 0 Å². The molecule has 1 radical (unpaired) electrons. The Hall–Kier alpha value is -1.90. The fraction of sp³-hybridized carbons (Fsp3) is 0.320. The molecule has 1 aliphatic rings. The van der Waals surface area contributed by atoms with E-state index in [0.29, 0.717) is 30.2 Å². The average molecular weight is 505 g/mol. The van der Waals surface area contributed by atoms with Gasteiger partial charge in [-0.05, 0) is 49.4 Å². The van der Waals surface area contributed by atoms with Gasteiger partial charge in [0.05, 0.1) is 23.4 Å². The minimum absolute atomic E-state index is 0. The summed E-state index contributed by atoms with van der Waals surface area (Å²) in [4.78, 5) is 22.2. The van der Waals surface area contributed by atoms with Gasteiger partial charge in [0.1, 0.15) is 22.2 Å². The van der Waals surface area contributed by atoms with Crippen molar-refractivity contribution in [3.63, 3.8) is 0 Å². The molecular weight excluding hydrogens is 481 g/mol. The second kappa shape index (κ2) is 10.8. The predicted molar refractivity (Wildman–Crippen MR) is 138 cm³/mol. The Bertz CT molecular complexity index is 1340. The average Bonchev–Trinajstić information content (AvgIpc) is 3.21. The summed E-state index contributed by atoms with van der Waals surface area (Å²) in [7, 11) is 1.60. The number of halogens is 1. The van der Waals surface area contributed by atoms with Crippen LogP contribution in [0.15, 0.2) is 42.5 Å². The number of carboxylic acid groups (broad SMARTS) is 1. The number of methoxy groups -OCH3 is 1. The van der Waals surface area contributed by atoms with E-state index in [1.54, 1.807) is 18.4 Å². The second-order valence-electron chi connectivity index (χ2n) is 8.42. The fourth-order valence-electron chi connectivity index (χ4n) is 4.55. The van der Waals surface area contributed by atoms with Gasteiger partial charge in [0, 0.05) is 52.1 Å². The molecule has 0 atom stereocenters. The molecular formula is C25H24ClN3NaO3S. The van der Waals surface area contributed by atoms with E-state index >= 15 is 0 Å². The zero-order valence-electron chi connectivity index (χ0n) is 19.2. The van der Waals surface area contributed by atoms with E-state index < -0.39 is 5.97 Å². The van der Waals surface area contributed by atoms with Crippen molar-refractivity contribution in [2.24, 2.45) is 5.92 Å². The molecule has 2 N–H and O–H groups in total. The molecule has 1 fully saturated rings. The first-order valence-corrected chi connectivity index (χ1v) is 12.2. The SMILES string of the molecule is COc1ccc(CNc2nc([C@H]3CC[C@H](C(=O)O)CC3)nc3sc4ccccc4c23)cc1Cl.[Na]. The van der Waals surface area contributed by atoms with Gasteiger partial charge in [-0.2, -0.15) is 0 Å². The van der Waals surface area contributed by atoms with Crippen LogP contribution < -0.4 is 10.1 Å². The van der Waals surface area contributed by atoms with Gasteiger partial charge in [-0.1, -0.05) is 35.9 Å². The van der Waals surface area contributed by atoms with Crippen molar-refractivity contribution in [3.8, 4) is 5.75 Å². The van der Waals surface area contributed by atoms with Crippen molar-refractivity contribution in [2.75, 3.05) is 12.4 Å². The third-order valence-corrected chi connectivity index (χ3v) is 7.73. The van der Waals surface area contributed by atoms with E-state index in [1.165, 1.54) is 4.70 Å². The number of nitrogens with one attached hydrogen (secondary N) is 1. The molecule has 2 aromatic carbocycles. The van der Waals surface area contributed by atoms with E-state index in [1.807, 2.05) is 30.3 Å². The number of carbonyl (C=O) groups is 1. The molecule has 9 heteroatoms. The van der Waals surface area contributed by atoms with Gasteiger partial charge in [-0.3, -0.25) is 4.79 Å². The number of rotatable bonds is 6. The van der Waals surface area contributed by atoms with Crippen LogP contribution in [0.4, 0.5) is 5.82 Å². The van der Waals surface area contributed by atoms with Crippen LogP contribution in [0, 0.1) is 5.92 Å². The number of hydrogen-bond donors (Lipinski definition) is 2. The Labute approximate surface area is 229 Å². The van der Waals surface area contributed by atoms with Crippen molar-refractivity contribution in [2.45, 2.75) is 38.1 Å². The third-order valence-electron chi connectivity index (χ3n) is 6.37. The topological polar surface area (TPSA) is 84.3 Å². The van der Waals surface area contributed by atoms with Crippen LogP contribution >= 0.6 is 22.9 Å². The van der Waals surface area contributed by atoms with E-state index in [4.69, 9.17) is 26.3 Å². The molecule has 2 aromatic heterocycles. The molecule has 0 spiro atoms. The van der Waals surface area contributed by atoms with Crippen molar-refractivity contribution < 1.29 is 14.6 Å². The molecule has 1 saturated carbocycles. The second-order valence-corrected chi connectivity index (χ2v) is 9.86. The van der Waals surface area contributed by atoms with Crippen LogP contribution in [0.1, 0.15) is 43.0 Å². The van der Waals surface area contributed by atoms with Crippen molar-refractivity contribution >= 4 is 84.6 Å². The summed E-state index contributed by atoms with van der Waals surface area (Å²) in [6.07, 6.45) is 2.92. The number of ether oxygens (including phenoxy) is 1. The molecule has 5 rings (SSSR count). The molecule has 0 amide bonds. The van der Waals surface area contributed by atoms with E-state index in [9.17, 15) is 9.90 Å². The monoisotopic (exact) mass is 504 g/mol. The van der Waals surface area contributed by atoms with Gasteiger partial charge < -0.3 is 15.2 Å². The number of aliphatic carboxylic acids is 1. The smallest absolute Gasteiger partial charge is 0.306 e. The van der Waals surface area contributed by atoms with Gasteiger partial charge >= 0.3 is 5.97 Å². The van der Waals surface area contributed by atoms with Crippen molar-refractivity contribution in [1.29, 1.82) is 0 Å². The summed E-state index contributed by atoms with van der Waals surface area (Å²) in [5.41, 5.74) is 1.02. The summed E-state index contributed by atoms with van der Waals surface area (Å²) < 4.78 is 6.43. The normalized spacial score (nSPS) is 17.9. The van der Waals surface area contributed by atoms with Crippen molar-refractivity contribution in [1.82, 2.24) is 9.97 Å². The summed E-state index contributed by atoms with van der Waals surface area (Å²) in [6.45, 7) is 0.561. The maximum atomic E-state index is 11.4. The molecule has 4 aromatic rings. The van der Waals surface area contributed by atoms with Gasteiger partial charge in [0.15, 0.2) is 0 Å². The number of aromatic nitrogens is 2. The molecule has 0 unspecified atom stereocenters. The maximum absolute atomic E-state index is 11.4. The first-order chi connectivity index (χ1) is 16.0. The van der Waals surface area contributed by atoms with Gasteiger partial charge in [-0.25, -0.2) is 9.97 Å². The Morgan fingerprint density at radius 3 is 2.65 bits per heavy atom. The van der Waals surface area contributed by atoms with Crippen LogP contribution in [0.2, 0.25) is 5.02 Å². The van der Waals surface area contributed by atoms with Gasteiger partial charge in [-0.15, -0.1) is 11.3 Å². The molecule has 2 heterocycles. The zero-order chi connectivity index (χ0) is 22.9. The predicted octanol–water partition coefficient (Wildman–Crippen LogP) is 6.10. The first-order valence-electron chi connectivity index (χ1n) is 11.0. The van der Waals surface area contributed by atoms with Crippen molar-refractivity contribution in [3.05, 3.63) is 58.9 Å². The summed E-state index contributed by atoms with van der Waals surface area (Å²) in [6, 6.07) is 14.0. The Morgan fingerprint density at radius 1 is 1.18 bits per heavy atom. The molecule has 34 heavy (non-hydrogen) atoms. The Balaban J connectivity index is 0.00000274. The summed E-state index contributed by atoms with van der Waals surface area (Å²) in [5, 5.41) is 15.6. The van der Waals surface area contributed by atoms with E-state index in [-0.39, 0.29) is 41.4 Å². The maximum Gasteiger partial charge on any atom is 0.306 e. The summed E-state index contributed by atoms with van der Waals surface area (Å²) in [5.74, 6) is 1.47. The number of hydrogen-bond acceptors (Lipinski definition) is 6. The standard InChI is InChI=1S/C25H24ClN3O3S.Na/c1-32-19-11-6-14(12-18(19)26)13-27-23-21-17-4-2-3-5-20(17)33-24(21)29-22(28-23)15-7-9-16(10-8-15)25(30)31;/h2-6,11-12,15-16H,7-10,13H2,1H3,(H,30,31)(H,27,28,29);/t15-,16-;. The number of carboxylic acids is 1. The van der Waals surface area contributed by atoms with E-state index in [2.05, 4.69) is 17.4 Å². The van der Waals surface area contributed by atoms with Gasteiger partial charge in [0.2, 0.25) is 0 Å². The molecule has 0 aliphatic heterocycles. The quantitative estimate of drug-likeness (QED) is 0.309. The van der Waals surface area contributed by atoms with Crippen LogP contribution in [-0.2, 0) is 11.3 Å². The van der Waals surface area contributed by atoms with Crippen LogP contribution in [0.5, 0.6) is 5.75 Å². The largest absolute Gasteiger partial charge is 0.495 e. The fourth-order valence-corrected chi connectivity index (χ4v) is 5.92. The number of fused-ring (bicyclic) bond motifs is 3. The molecule has 171 valence electrons.